The van der Waals surface area contributed by atoms with E-state index >= 15 is 4.39 Å². The minimum atomic E-state index is -0.542. The predicted octanol–water partition coefficient (Wildman–Crippen LogP) is 5.72. The van der Waals surface area contributed by atoms with Gasteiger partial charge in [0.25, 0.3) is 5.91 Å². The van der Waals surface area contributed by atoms with Gasteiger partial charge in [0.1, 0.15) is 29.1 Å². The number of ether oxygens (including phenoxy) is 3. The second-order valence-electron chi connectivity index (χ2n) is 10.7. The Bertz CT molecular complexity index is 1330. The van der Waals surface area contributed by atoms with Gasteiger partial charge in [0.15, 0.2) is 0 Å². The third-order valence-electron chi connectivity index (χ3n) is 7.92. The number of nitrogens with zero attached hydrogens (tertiary/aromatic N) is 2. The number of amides is 1. The van der Waals surface area contributed by atoms with E-state index in [0.717, 1.165) is 44.1 Å². The summed E-state index contributed by atoms with van der Waals surface area (Å²) in [5, 5.41) is 2.99. The molecule has 8 nitrogen and oxygen atoms in total. The predicted molar refractivity (Wildman–Crippen MR) is 151 cm³/mol. The van der Waals surface area contributed by atoms with E-state index in [4.69, 9.17) is 19.9 Å². The van der Waals surface area contributed by atoms with Crippen LogP contribution in [-0.4, -0.2) is 48.3 Å². The Kier molecular flexibility index (Phi) is 8.91. The molecule has 9 heteroatoms. The van der Waals surface area contributed by atoms with E-state index < -0.39 is 11.7 Å². The molecular formula is C31H37FN4O4. The molecule has 1 aliphatic heterocycles. The fourth-order valence-corrected chi connectivity index (χ4v) is 5.85. The SMILES string of the molecule is CC[C@@H]1C[C@H](N)C[C@H](c2ccncc2NC(=O)c2cccc(-c3c(F)cc(OC4CCOCC4)cc3OC)n2)C1. The summed E-state index contributed by atoms with van der Waals surface area (Å²) in [7, 11) is 1.47. The molecule has 212 valence electrons. The van der Waals surface area contributed by atoms with Crippen molar-refractivity contribution in [2.24, 2.45) is 11.7 Å². The summed E-state index contributed by atoms with van der Waals surface area (Å²) in [5.41, 5.74) is 8.65. The zero-order chi connectivity index (χ0) is 28.1. The number of pyridine rings is 2. The number of methoxy groups -OCH3 is 1. The Morgan fingerprint density at radius 3 is 2.77 bits per heavy atom. The van der Waals surface area contributed by atoms with E-state index in [1.807, 2.05) is 6.07 Å². The second kappa shape index (κ2) is 12.7. The molecule has 1 saturated carbocycles. The van der Waals surface area contributed by atoms with Crippen molar-refractivity contribution in [1.82, 2.24) is 9.97 Å². The summed E-state index contributed by atoms with van der Waals surface area (Å²) in [6.45, 7) is 3.43. The number of nitrogens with one attached hydrogen (secondary N) is 1. The third kappa shape index (κ3) is 6.42. The highest BCUT2D eigenvalue weighted by Crippen LogP contribution is 2.40. The van der Waals surface area contributed by atoms with Crippen molar-refractivity contribution in [2.75, 3.05) is 25.6 Å². The lowest BCUT2D eigenvalue weighted by Gasteiger charge is -2.33. The van der Waals surface area contributed by atoms with Crippen molar-refractivity contribution < 1.29 is 23.4 Å². The first-order valence-corrected chi connectivity index (χ1v) is 14.0. The van der Waals surface area contributed by atoms with E-state index in [1.54, 1.807) is 36.7 Å². The van der Waals surface area contributed by atoms with Crippen LogP contribution in [0.15, 0.2) is 48.8 Å². The number of nitrogens with two attached hydrogens (primary N) is 1. The third-order valence-corrected chi connectivity index (χ3v) is 7.92. The first kappa shape index (κ1) is 28.0. The van der Waals surface area contributed by atoms with Gasteiger partial charge in [-0.1, -0.05) is 19.4 Å². The summed E-state index contributed by atoms with van der Waals surface area (Å²) in [5.74, 6) is 0.521. The van der Waals surface area contributed by atoms with Crippen molar-refractivity contribution in [1.29, 1.82) is 0 Å². The topological polar surface area (TPSA) is 109 Å². The largest absolute Gasteiger partial charge is 0.496 e. The van der Waals surface area contributed by atoms with Crippen LogP contribution in [0.25, 0.3) is 11.3 Å². The summed E-state index contributed by atoms with van der Waals surface area (Å²) in [4.78, 5) is 22.1. The van der Waals surface area contributed by atoms with Gasteiger partial charge in [-0.25, -0.2) is 9.37 Å². The zero-order valence-corrected chi connectivity index (χ0v) is 23.1. The van der Waals surface area contributed by atoms with Gasteiger partial charge < -0.3 is 25.3 Å². The molecule has 2 aromatic heterocycles. The molecular weight excluding hydrogens is 511 g/mol. The van der Waals surface area contributed by atoms with Gasteiger partial charge in [-0.05, 0) is 54.9 Å². The average molecular weight is 549 g/mol. The lowest BCUT2D eigenvalue weighted by atomic mass is 9.75. The van der Waals surface area contributed by atoms with Gasteiger partial charge in [-0.2, -0.15) is 0 Å². The van der Waals surface area contributed by atoms with Gasteiger partial charge in [0, 0.05) is 37.2 Å². The number of hydrogen-bond donors (Lipinski definition) is 2. The molecule has 0 spiro atoms. The molecule has 3 N–H and O–H groups in total. The van der Waals surface area contributed by atoms with Crippen LogP contribution in [0.3, 0.4) is 0 Å². The molecule has 0 unspecified atom stereocenters. The molecule has 3 atom stereocenters. The Hall–Kier alpha value is -3.56. The van der Waals surface area contributed by atoms with Crippen LogP contribution in [0.4, 0.5) is 10.1 Å². The Morgan fingerprint density at radius 1 is 1.18 bits per heavy atom. The van der Waals surface area contributed by atoms with E-state index in [2.05, 4.69) is 22.2 Å². The number of carbonyl (C=O) groups is 1. The first-order valence-electron chi connectivity index (χ1n) is 14.0. The van der Waals surface area contributed by atoms with Crippen LogP contribution >= 0.6 is 0 Å². The first-order chi connectivity index (χ1) is 19.4. The molecule has 40 heavy (non-hydrogen) atoms. The summed E-state index contributed by atoms with van der Waals surface area (Å²) in [6.07, 6.45) is 8.86. The van der Waals surface area contributed by atoms with Crippen LogP contribution in [0.5, 0.6) is 11.5 Å². The molecule has 3 heterocycles. The highest BCUT2D eigenvalue weighted by Gasteiger charge is 2.29. The fourth-order valence-electron chi connectivity index (χ4n) is 5.85. The molecule has 3 aromatic rings. The van der Waals surface area contributed by atoms with E-state index in [1.165, 1.54) is 13.2 Å². The maximum absolute atomic E-state index is 15.4. The van der Waals surface area contributed by atoms with Crippen molar-refractivity contribution in [3.05, 3.63) is 65.9 Å². The number of rotatable bonds is 8. The standard InChI is InChI=1S/C31H37FN4O4/c1-3-19-13-20(15-21(33)14-19)24-7-10-34-18-28(24)36-31(37)27-6-4-5-26(35-27)30-25(32)16-23(17-29(30)38-2)40-22-8-11-39-12-9-22/h4-7,10,16-22H,3,8-9,11-15,33H2,1-2H3,(H,36,37)/t19-,20+,21-/m0/s1. The molecule has 5 rings (SSSR count). The quantitative estimate of drug-likeness (QED) is 0.370. The van der Waals surface area contributed by atoms with Gasteiger partial charge in [0.05, 0.1) is 43.5 Å². The molecule has 2 aliphatic rings. The van der Waals surface area contributed by atoms with Gasteiger partial charge in [0.2, 0.25) is 0 Å². The number of hydrogen-bond acceptors (Lipinski definition) is 7. The number of aromatic nitrogens is 2. The minimum Gasteiger partial charge on any atom is -0.496 e. The summed E-state index contributed by atoms with van der Waals surface area (Å²) < 4.78 is 32.3. The monoisotopic (exact) mass is 548 g/mol. The highest BCUT2D eigenvalue weighted by molar-refractivity contribution is 6.03. The van der Waals surface area contributed by atoms with E-state index in [9.17, 15) is 4.79 Å². The van der Waals surface area contributed by atoms with Crippen LogP contribution in [0.1, 0.15) is 67.4 Å². The smallest absolute Gasteiger partial charge is 0.274 e. The molecule has 1 amide bonds. The summed E-state index contributed by atoms with van der Waals surface area (Å²) >= 11 is 0. The van der Waals surface area contributed by atoms with Crippen molar-refractivity contribution in [3.63, 3.8) is 0 Å². The van der Waals surface area contributed by atoms with Crippen LogP contribution in [0.2, 0.25) is 0 Å². The zero-order valence-electron chi connectivity index (χ0n) is 23.1. The van der Waals surface area contributed by atoms with E-state index in [-0.39, 0.29) is 40.8 Å². The van der Waals surface area contributed by atoms with Gasteiger partial charge >= 0.3 is 0 Å². The maximum atomic E-state index is 15.4. The van der Waals surface area contributed by atoms with E-state index in [0.29, 0.717) is 30.6 Å². The lowest BCUT2D eigenvalue weighted by molar-refractivity contribution is 0.0254. The Balaban J connectivity index is 1.37. The Labute approximate surface area is 234 Å². The van der Waals surface area contributed by atoms with Gasteiger partial charge in [-0.3, -0.25) is 9.78 Å². The van der Waals surface area contributed by atoms with Crippen molar-refractivity contribution in [3.8, 4) is 22.8 Å². The number of carbonyl (C=O) groups excluding carboxylic acids is 1. The Morgan fingerprint density at radius 2 is 2.00 bits per heavy atom. The molecule has 1 saturated heterocycles. The van der Waals surface area contributed by atoms with Crippen LogP contribution in [0, 0.1) is 11.7 Å². The highest BCUT2D eigenvalue weighted by atomic mass is 19.1. The second-order valence-corrected chi connectivity index (χ2v) is 10.7. The average Bonchev–Trinajstić information content (AvgIpc) is 2.97. The normalized spacial score (nSPS) is 21.6. The number of benzene rings is 1. The molecule has 2 fully saturated rings. The summed E-state index contributed by atoms with van der Waals surface area (Å²) in [6, 6.07) is 10.0. The maximum Gasteiger partial charge on any atom is 0.274 e. The molecule has 1 aliphatic carbocycles. The van der Waals surface area contributed by atoms with Crippen molar-refractivity contribution in [2.45, 2.75) is 63.5 Å². The van der Waals surface area contributed by atoms with Crippen LogP contribution < -0.4 is 20.5 Å². The van der Waals surface area contributed by atoms with Crippen LogP contribution in [-0.2, 0) is 4.74 Å². The van der Waals surface area contributed by atoms with Gasteiger partial charge in [-0.15, -0.1) is 0 Å². The molecule has 1 aromatic carbocycles. The molecule has 0 radical (unpaired) electrons. The fraction of sp³-hybridized carbons (Fsp3) is 0.452. The lowest BCUT2D eigenvalue weighted by Crippen LogP contribution is -2.32. The number of halogens is 1. The minimum absolute atomic E-state index is 0.0385. The van der Waals surface area contributed by atoms with Crippen molar-refractivity contribution >= 4 is 11.6 Å². The number of anilines is 1. The molecule has 0 bridgehead atoms.